The first-order valence-corrected chi connectivity index (χ1v) is 6.80. The molecule has 1 N–H and O–H groups in total. The summed E-state index contributed by atoms with van der Waals surface area (Å²) in [6, 6.07) is 10.4. The van der Waals surface area contributed by atoms with Crippen molar-refractivity contribution in [2.45, 2.75) is 19.9 Å². The van der Waals surface area contributed by atoms with Crippen LogP contribution in [0.3, 0.4) is 0 Å². The van der Waals surface area contributed by atoms with Gasteiger partial charge in [0.1, 0.15) is 17.3 Å². The van der Waals surface area contributed by atoms with Crippen molar-refractivity contribution in [3.8, 4) is 11.5 Å². The molecule has 0 bridgehead atoms. The number of nitrogens with one attached hydrogen (secondary N) is 1. The molecule has 0 spiro atoms. The number of hydrogen-bond donors (Lipinski definition) is 1. The van der Waals surface area contributed by atoms with E-state index >= 15 is 0 Å². The first kappa shape index (κ1) is 14.8. The second-order valence-electron chi connectivity index (χ2n) is 4.68. The molecule has 0 aromatic heterocycles. The van der Waals surface area contributed by atoms with Crippen LogP contribution in [-0.4, -0.2) is 7.05 Å². The van der Waals surface area contributed by atoms with Crippen LogP contribution in [0.15, 0.2) is 36.4 Å². The summed E-state index contributed by atoms with van der Waals surface area (Å²) >= 11 is 6.10. The zero-order valence-electron chi connectivity index (χ0n) is 11.7. The maximum absolute atomic E-state index is 13.8. The van der Waals surface area contributed by atoms with Gasteiger partial charge in [-0.25, -0.2) is 4.39 Å². The van der Waals surface area contributed by atoms with E-state index in [9.17, 15) is 4.39 Å². The molecule has 0 saturated heterocycles. The molecule has 0 fully saturated rings. The van der Waals surface area contributed by atoms with E-state index in [4.69, 9.17) is 16.3 Å². The quantitative estimate of drug-likeness (QED) is 0.869. The predicted octanol–water partition coefficient (Wildman–Crippen LogP) is 4.86. The van der Waals surface area contributed by atoms with Crippen molar-refractivity contribution in [3.63, 3.8) is 0 Å². The van der Waals surface area contributed by atoms with Crippen LogP contribution < -0.4 is 10.1 Å². The summed E-state index contributed by atoms with van der Waals surface area (Å²) in [5.41, 5.74) is 1.30. The van der Waals surface area contributed by atoms with Crippen LogP contribution in [0, 0.1) is 12.7 Å². The minimum atomic E-state index is -0.242. The number of hydrogen-bond acceptors (Lipinski definition) is 2. The van der Waals surface area contributed by atoms with Crippen LogP contribution in [0.5, 0.6) is 11.5 Å². The van der Waals surface area contributed by atoms with Gasteiger partial charge in [0.15, 0.2) is 0 Å². The summed E-state index contributed by atoms with van der Waals surface area (Å²) in [6.45, 7) is 3.66. The van der Waals surface area contributed by atoms with Gasteiger partial charge in [-0.05, 0) is 50.7 Å². The molecule has 4 heteroatoms. The first-order chi connectivity index (χ1) is 9.52. The van der Waals surface area contributed by atoms with Crippen LogP contribution in [0.4, 0.5) is 4.39 Å². The van der Waals surface area contributed by atoms with Crippen molar-refractivity contribution in [1.29, 1.82) is 0 Å². The Morgan fingerprint density at radius 2 is 1.90 bits per heavy atom. The Kier molecular flexibility index (Phi) is 4.63. The molecule has 0 aliphatic heterocycles. The molecule has 0 saturated carbocycles. The van der Waals surface area contributed by atoms with Crippen molar-refractivity contribution < 1.29 is 9.13 Å². The van der Waals surface area contributed by atoms with Crippen LogP contribution in [0.2, 0.25) is 5.02 Å². The molecule has 0 aliphatic rings. The lowest BCUT2D eigenvalue weighted by molar-refractivity contribution is 0.462. The summed E-state index contributed by atoms with van der Waals surface area (Å²) in [7, 11) is 1.82. The van der Waals surface area contributed by atoms with Crippen LogP contribution >= 0.6 is 11.6 Å². The summed E-state index contributed by atoms with van der Waals surface area (Å²) in [5, 5.41) is 3.61. The SMILES string of the molecule is CNC(C)c1cc(F)c(C)cc1Oc1ccccc1Cl. The summed E-state index contributed by atoms with van der Waals surface area (Å²) < 4.78 is 19.6. The summed E-state index contributed by atoms with van der Waals surface area (Å²) in [4.78, 5) is 0. The molecule has 1 unspecified atom stereocenters. The van der Waals surface area contributed by atoms with Crippen molar-refractivity contribution in [3.05, 3.63) is 58.4 Å². The third kappa shape index (κ3) is 3.11. The first-order valence-electron chi connectivity index (χ1n) is 6.42. The van der Waals surface area contributed by atoms with Gasteiger partial charge in [0.05, 0.1) is 5.02 Å². The Morgan fingerprint density at radius 1 is 1.20 bits per heavy atom. The molecule has 0 aliphatic carbocycles. The highest BCUT2D eigenvalue weighted by molar-refractivity contribution is 6.32. The van der Waals surface area contributed by atoms with Crippen LogP contribution in [-0.2, 0) is 0 Å². The molecule has 2 aromatic carbocycles. The molecular weight excluding hydrogens is 277 g/mol. The molecule has 0 amide bonds. The Bertz CT molecular complexity index is 615. The van der Waals surface area contributed by atoms with E-state index < -0.39 is 0 Å². The average molecular weight is 294 g/mol. The van der Waals surface area contributed by atoms with Crippen LogP contribution in [0.1, 0.15) is 24.1 Å². The van der Waals surface area contributed by atoms with E-state index in [1.165, 1.54) is 6.07 Å². The number of benzene rings is 2. The molecular formula is C16H17ClFNO. The zero-order valence-corrected chi connectivity index (χ0v) is 12.5. The summed E-state index contributed by atoms with van der Waals surface area (Å²) in [5.74, 6) is 0.928. The fourth-order valence-electron chi connectivity index (χ4n) is 1.90. The van der Waals surface area contributed by atoms with Gasteiger partial charge in [-0.3, -0.25) is 0 Å². The van der Waals surface area contributed by atoms with E-state index in [0.717, 1.165) is 5.56 Å². The largest absolute Gasteiger partial charge is 0.455 e. The van der Waals surface area contributed by atoms with Gasteiger partial charge in [-0.1, -0.05) is 23.7 Å². The lowest BCUT2D eigenvalue weighted by Gasteiger charge is -2.18. The van der Waals surface area contributed by atoms with E-state index in [1.807, 2.05) is 26.1 Å². The van der Waals surface area contributed by atoms with Crippen molar-refractivity contribution in [2.24, 2.45) is 0 Å². The molecule has 2 nitrogen and oxygen atoms in total. The highest BCUT2D eigenvalue weighted by Crippen LogP contribution is 2.34. The third-order valence-electron chi connectivity index (χ3n) is 3.25. The molecule has 0 heterocycles. The summed E-state index contributed by atoms with van der Waals surface area (Å²) in [6.07, 6.45) is 0. The van der Waals surface area contributed by atoms with Gasteiger partial charge in [0, 0.05) is 11.6 Å². The normalized spacial score (nSPS) is 12.2. The Labute approximate surface area is 123 Å². The van der Waals surface area contributed by atoms with Crippen molar-refractivity contribution in [2.75, 3.05) is 7.05 Å². The molecule has 0 radical (unpaired) electrons. The topological polar surface area (TPSA) is 21.3 Å². The minimum Gasteiger partial charge on any atom is -0.455 e. The van der Waals surface area contributed by atoms with E-state index in [0.29, 0.717) is 22.1 Å². The fraction of sp³-hybridized carbons (Fsp3) is 0.250. The lowest BCUT2D eigenvalue weighted by atomic mass is 10.0. The third-order valence-corrected chi connectivity index (χ3v) is 3.56. The van der Waals surface area contributed by atoms with E-state index in [2.05, 4.69) is 5.32 Å². The molecule has 2 aromatic rings. The number of ether oxygens (including phenoxy) is 1. The maximum atomic E-state index is 13.8. The molecule has 106 valence electrons. The van der Waals surface area contributed by atoms with Gasteiger partial charge >= 0.3 is 0 Å². The zero-order chi connectivity index (χ0) is 14.7. The van der Waals surface area contributed by atoms with Gasteiger partial charge in [-0.15, -0.1) is 0 Å². The average Bonchev–Trinajstić information content (AvgIpc) is 2.44. The Morgan fingerprint density at radius 3 is 2.55 bits per heavy atom. The Balaban J connectivity index is 2.45. The number of para-hydroxylation sites is 1. The number of halogens is 2. The van der Waals surface area contributed by atoms with Crippen LogP contribution in [0.25, 0.3) is 0 Å². The number of aryl methyl sites for hydroxylation is 1. The lowest BCUT2D eigenvalue weighted by Crippen LogP contribution is -2.13. The van der Waals surface area contributed by atoms with Crippen molar-refractivity contribution >= 4 is 11.6 Å². The van der Waals surface area contributed by atoms with Gasteiger partial charge in [-0.2, -0.15) is 0 Å². The monoisotopic (exact) mass is 293 g/mol. The van der Waals surface area contributed by atoms with Gasteiger partial charge < -0.3 is 10.1 Å². The highest BCUT2D eigenvalue weighted by atomic mass is 35.5. The van der Waals surface area contributed by atoms with E-state index in [1.54, 1.807) is 25.1 Å². The second-order valence-corrected chi connectivity index (χ2v) is 5.09. The smallest absolute Gasteiger partial charge is 0.146 e. The molecule has 1 atom stereocenters. The maximum Gasteiger partial charge on any atom is 0.146 e. The highest BCUT2D eigenvalue weighted by Gasteiger charge is 2.15. The van der Waals surface area contributed by atoms with E-state index in [-0.39, 0.29) is 11.9 Å². The fourth-order valence-corrected chi connectivity index (χ4v) is 2.07. The minimum absolute atomic E-state index is 0.0254. The van der Waals surface area contributed by atoms with Gasteiger partial charge in [0.2, 0.25) is 0 Å². The number of rotatable bonds is 4. The second kappa shape index (κ2) is 6.25. The Hall–Kier alpha value is -1.58. The van der Waals surface area contributed by atoms with Crippen molar-refractivity contribution in [1.82, 2.24) is 5.32 Å². The molecule has 20 heavy (non-hydrogen) atoms. The van der Waals surface area contributed by atoms with Gasteiger partial charge in [0.25, 0.3) is 0 Å². The standard InChI is InChI=1S/C16H17ClFNO/c1-10-8-16(12(9-14(10)18)11(2)19-3)20-15-7-5-4-6-13(15)17/h4-9,11,19H,1-3H3. The predicted molar refractivity (Wildman–Crippen MR) is 80.1 cm³/mol. The molecule has 2 rings (SSSR count).